The molecule has 3 nitrogen and oxygen atoms in total. The number of benzene rings is 1. The van der Waals surface area contributed by atoms with Crippen molar-refractivity contribution in [3.8, 4) is 5.75 Å². The number of amides is 1. The molecule has 1 fully saturated rings. The zero-order valence-corrected chi connectivity index (χ0v) is 12.6. The molecule has 0 radical (unpaired) electrons. The van der Waals surface area contributed by atoms with Gasteiger partial charge in [-0.15, -0.1) is 0 Å². The van der Waals surface area contributed by atoms with E-state index in [9.17, 15) is 9.90 Å². The van der Waals surface area contributed by atoms with Gasteiger partial charge in [0.2, 0.25) is 0 Å². The van der Waals surface area contributed by atoms with Crippen molar-refractivity contribution in [2.45, 2.75) is 38.6 Å². The Hall–Kier alpha value is -0.780. The number of hydrogen-bond acceptors (Lipinski definition) is 2. The minimum Gasteiger partial charge on any atom is -0.507 e. The summed E-state index contributed by atoms with van der Waals surface area (Å²) in [6.07, 6.45) is 4.56. The molecule has 0 bridgehead atoms. The van der Waals surface area contributed by atoms with Crippen LogP contribution in [0.15, 0.2) is 18.2 Å². The lowest BCUT2D eigenvalue weighted by Crippen LogP contribution is -2.37. The Bertz CT molecular complexity index is 447. The number of phenols is 1. The summed E-state index contributed by atoms with van der Waals surface area (Å²) in [6, 6.07) is 5.32. The van der Waals surface area contributed by atoms with Crippen LogP contribution in [-0.4, -0.2) is 17.1 Å². The maximum atomic E-state index is 12.1. The largest absolute Gasteiger partial charge is 0.507 e. The molecule has 0 aliphatic heterocycles. The van der Waals surface area contributed by atoms with Crippen LogP contribution in [0.5, 0.6) is 5.75 Å². The van der Waals surface area contributed by atoms with Crippen LogP contribution in [-0.2, 0) is 0 Å². The van der Waals surface area contributed by atoms with Crippen molar-refractivity contribution >= 4 is 28.5 Å². The summed E-state index contributed by atoms with van der Waals surface area (Å²) in [5.74, 6) is 0.773. The summed E-state index contributed by atoms with van der Waals surface area (Å²) in [5, 5.41) is 12.7. The summed E-state index contributed by atoms with van der Waals surface area (Å²) >= 11 is 2.04. The molecule has 2 atom stereocenters. The predicted molar refractivity (Wildman–Crippen MR) is 79.7 cm³/mol. The van der Waals surface area contributed by atoms with Crippen LogP contribution >= 0.6 is 22.6 Å². The third-order valence-corrected chi connectivity index (χ3v) is 4.39. The first-order chi connectivity index (χ1) is 8.56. The number of phenolic OH excluding ortho intramolecular Hbond substituents is 1. The molecule has 1 aliphatic carbocycles. The highest BCUT2D eigenvalue weighted by Crippen LogP contribution is 2.24. The van der Waals surface area contributed by atoms with E-state index in [1.807, 2.05) is 22.6 Å². The molecule has 0 spiro atoms. The first-order valence-corrected chi connectivity index (χ1v) is 7.43. The SMILES string of the molecule is CC1CCCC(NC(=O)c2ccc(I)c(O)c2)C1. The third-order valence-electron chi connectivity index (χ3n) is 3.48. The Morgan fingerprint density at radius 1 is 1.44 bits per heavy atom. The highest BCUT2D eigenvalue weighted by atomic mass is 127. The van der Waals surface area contributed by atoms with Gasteiger partial charge in [0.15, 0.2) is 0 Å². The van der Waals surface area contributed by atoms with Gasteiger partial charge < -0.3 is 10.4 Å². The van der Waals surface area contributed by atoms with Crippen molar-refractivity contribution in [2.75, 3.05) is 0 Å². The summed E-state index contributed by atoms with van der Waals surface area (Å²) in [5.41, 5.74) is 0.533. The highest BCUT2D eigenvalue weighted by Gasteiger charge is 2.21. The van der Waals surface area contributed by atoms with E-state index in [-0.39, 0.29) is 17.7 Å². The third kappa shape index (κ3) is 3.37. The molecule has 1 amide bonds. The summed E-state index contributed by atoms with van der Waals surface area (Å²) in [4.78, 5) is 12.1. The van der Waals surface area contributed by atoms with Gasteiger partial charge >= 0.3 is 0 Å². The van der Waals surface area contributed by atoms with Crippen molar-refractivity contribution in [2.24, 2.45) is 5.92 Å². The van der Waals surface area contributed by atoms with Gasteiger partial charge in [-0.1, -0.05) is 19.8 Å². The second kappa shape index (κ2) is 5.91. The molecule has 2 N–H and O–H groups in total. The lowest BCUT2D eigenvalue weighted by molar-refractivity contribution is 0.0921. The lowest BCUT2D eigenvalue weighted by atomic mass is 9.87. The van der Waals surface area contributed by atoms with Crippen LogP contribution < -0.4 is 5.32 Å². The second-order valence-corrected chi connectivity index (χ2v) is 6.27. The smallest absolute Gasteiger partial charge is 0.251 e. The number of aromatic hydroxyl groups is 1. The molecule has 18 heavy (non-hydrogen) atoms. The standard InChI is InChI=1S/C14H18INO2/c1-9-3-2-4-11(7-9)16-14(18)10-5-6-12(15)13(17)8-10/h5-6,8-9,11,17H,2-4,7H2,1H3,(H,16,18). The highest BCUT2D eigenvalue weighted by molar-refractivity contribution is 14.1. The Morgan fingerprint density at radius 3 is 2.89 bits per heavy atom. The van der Waals surface area contributed by atoms with Gasteiger partial charge in [-0.2, -0.15) is 0 Å². The van der Waals surface area contributed by atoms with Crippen molar-refractivity contribution in [1.29, 1.82) is 0 Å². The predicted octanol–water partition coefficient (Wildman–Crippen LogP) is 3.31. The number of nitrogens with one attached hydrogen (secondary N) is 1. The minimum atomic E-state index is -0.0826. The Morgan fingerprint density at radius 2 is 2.22 bits per heavy atom. The molecule has 1 saturated carbocycles. The van der Waals surface area contributed by atoms with E-state index < -0.39 is 0 Å². The van der Waals surface area contributed by atoms with Gasteiger partial charge in [0.25, 0.3) is 5.91 Å². The zero-order chi connectivity index (χ0) is 13.1. The topological polar surface area (TPSA) is 49.3 Å². The van der Waals surface area contributed by atoms with E-state index in [1.54, 1.807) is 12.1 Å². The summed E-state index contributed by atoms with van der Waals surface area (Å²) in [7, 11) is 0. The quantitative estimate of drug-likeness (QED) is 0.796. The van der Waals surface area contributed by atoms with E-state index in [0.29, 0.717) is 11.5 Å². The van der Waals surface area contributed by atoms with Crippen LogP contribution in [0, 0.1) is 9.49 Å². The zero-order valence-electron chi connectivity index (χ0n) is 10.4. The maximum absolute atomic E-state index is 12.1. The Balaban J connectivity index is 2.00. The van der Waals surface area contributed by atoms with Crippen LogP contribution in [0.25, 0.3) is 0 Å². The molecule has 1 aliphatic rings. The van der Waals surface area contributed by atoms with Crippen LogP contribution in [0.4, 0.5) is 0 Å². The van der Waals surface area contributed by atoms with E-state index in [1.165, 1.54) is 18.9 Å². The molecule has 2 rings (SSSR count). The van der Waals surface area contributed by atoms with E-state index >= 15 is 0 Å². The molecule has 0 heterocycles. The monoisotopic (exact) mass is 359 g/mol. The molecule has 98 valence electrons. The number of hydrogen-bond donors (Lipinski definition) is 2. The summed E-state index contributed by atoms with van der Waals surface area (Å²) < 4.78 is 0.760. The number of rotatable bonds is 2. The molecule has 0 aromatic heterocycles. The number of halogens is 1. The molecular weight excluding hydrogens is 341 g/mol. The van der Waals surface area contributed by atoms with E-state index in [4.69, 9.17) is 0 Å². The van der Waals surface area contributed by atoms with Crippen LogP contribution in [0.1, 0.15) is 43.0 Å². The van der Waals surface area contributed by atoms with Gasteiger partial charge in [-0.3, -0.25) is 4.79 Å². The van der Waals surface area contributed by atoms with Crippen molar-refractivity contribution in [3.63, 3.8) is 0 Å². The maximum Gasteiger partial charge on any atom is 0.251 e. The van der Waals surface area contributed by atoms with Crippen molar-refractivity contribution in [3.05, 3.63) is 27.3 Å². The molecule has 0 saturated heterocycles. The van der Waals surface area contributed by atoms with Gasteiger partial charge in [-0.25, -0.2) is 0 Å². The number of carbonyl (C=O) groups is 1. The summed E-state index contributed by atoms with van der Waals surface area (Å²) in [6.45, 7) is 2.23. The van der Waals surface area contributed by atoms with Gasteiger partial charge in [0.05, 0.1) is 3.57 Å². The molecule has 2 unspecified atom stereocenters. The van der Waals surface area contributed by atoms with Gasteiger partial charge in [-0.05, 0) is 59.5 Å². The van der Waals surface area contributed by atoms with E-state index in [0.717, 1.165) is 16.4 Å². The first kappa shape index (κ1) is 13.6. The van der Waals surface area contributed by atoms with Gasteiger partial charge in [0.1, 0.15) is 5.75 Å². The Kier molecular flexibility index (Phi) is 4.48. The molecular formula is C14H18INO2. The van der Waals surface area contributed by atoms with Crippen molar-refractivity contribution in [1.82, 2.24) is 5.32 Å². The number of carbonyl (C=O) groups excluding carboxylic acids is 1. The Labute approximate surface area is 121 Å². The lowest BCUT2D eigenvalue weighted by Gasteiger charge is -2.27. The fourth-order valence-electron chi connectivity index (χ4n) is 2.49. The van der Waals surface area contributed by atoms with Crippen LogP contribution in [0.3, 0.4) is 0 Å². The average molecular weight is 359 g/mol. The fraction of sp³-hybridized carbons (Fsp3) is 0.500. The molecule has 4 heteroatoms. The fourth-order valence-corrected chi connectivity index (χ4v) is 2.82. The van der Waals surface area contributed by atoms with Crippen molar-refractivity contribution < 1.29 is 9.90 Å². The average Bonchev–Trinajstić information content (AvgIpc) is 2.32. The van der Waals surface area contributed by atoms with E-state index in [2.05, 4.69) is 12.2 Å². The van der Waals surface area contributed by atoms with Crippen LogP contribution in [0.2, 0.25) is 0 Å². The molecule has 1 aromatic carbocycles. The molecule has 1 aromatic rings. The first-order valence-electron chi connectivity index (χ1n) is 6.35. The second-order valence-electron chi connectivity index (χ2n) is 5.11. The van der Waals surface area contributed by atoms with Gasteiger partial charge in [0, 0.05) is 11.6 Å². The minimum absolute atomic E-state index is 0.0826. The normalized spacial score (nSPS) is 23.7.